The molecule has 0 saturated carbocycles. The van der Waals surface area contributed by atoms with Gasteiger partial charge >= 0.3 is 0 Å². The molecule has 1 heterocycles. The molecule has 4 heteroatoms. The van der Waals surface area contributed by atoms with Crippen LogP contribution in [0, 0.1) is 19.8 Å². The SMILES string of the molecule is Cc1cc(O)cc(C)c1[C@@H](N)C1CCOCC1.Cl. The summed E-state index contributed by atoms with van der Waals surface area (Å²) in [4.78, 5) is 0. The highest BCUT2D eigenvalue weighted by Gasteiger charge is 2.24. The Kier molecular flexibility index (Phi) is 5.45. The minimum atomic E-state index is 0. The van der Waals surface area contributed by atoms with Gasteiger partial charge in [-0.1, -0.05) is 0 Å². The summed E-state index contributed by atoms with van der Waals surface area (Å²) in [6.45, 7) is 5.66. The summed E-state index contributed by atoms with van der Waals surface area (Å²) in [5, 5.41) is 9.55. The number of phenols is 1. The van der Waals surface area contributed by atoms with E-state index in [1.54, 1.807) is 12.1 Å². The molecular formula is C14H22ClNO2. The van der Waals surface area contributed by atoms with E-state index in [0.717, 1.165) is 37.2 Å². The molecule has 0 aliphatic carbocycles. The zero-order valence-electron chi connectivity index (χ0n) is 11.0. The van der Waals surface area contributed by atoms with E-state index < -0.39 is 0 Å². The van der Waals surface area contributed by atoms with Crippen molar-refractivity contribution in [2.45, 2.75) is 32.7 Å². The molecule has 2 rings (SSSR count). The van der Waals surface area contributed by atoms with Crippen molar-refractivity contribution < 1.29 is 9.84 Å². The van der Waals surface area contributed by atoms with E-state index in [9.17, 15) is 5.11 Å². The van der Waals surface area contributed by atoms with Gasteiger partial charge in [0.05, 0.1) is 0 Å². The molecule has 102 valence electrons. The highest BCUT2D eigenvalue weighted by Crippen LogP contribution is 2.33. The topological polar surface area (TPSA) is 55.5 Å². The Morgan fingerprint density at radius 2 is 1.72 bits per heavy atom. The summed E-state index contributed by atoms with van der Waals surface area (Å²) in [6, 6.07) is 3.64. The van der Waals surface area contributed by atoms with Crippen LogP contribution in [0.1, 0.15) is 35.6 Å². The van der Waals surface area contributed by atoms with Gasteiger partial charge in [0.1, 0.15) is 5.75 Å². The van der Waals surface area contributed by atoms with Crippen molar-refractivity contribution in [2.24, 2.45) is 11.7 Å². The molecule has 0 radical (unpaired) electrons. The molecule has 0 spiro atoms. The van der Waals surface area contributed by atoms with Gasteiger partial charge in [-0.3, -0.25) is 0 Å². The predicted molar refractivity (Wildman–Crippen MR) is 75.3 cm³/mol. The summed E-state index contributed by atoms with van der Waals surface area (Å²) in [5.74, 6) is 0.814. The van der Waals surface area contributed by atoms with E-state index in [2.05, 4.69) is 0 Å². The van der Waals surface area contributed by atoms with Crippen LogP contribution in [0.3, 0.4) is 0 Å². The minimum absolute atomic E-state index is 0. The first kappa shape index (κ1) is 15.3. The lowest BCUT2D eigenvalue weighted by molar-refractivity contribution is 0.0582. The van der Waals surface area contributed by atoms with E-state index in [0.29, 0.717) is 11.7 Å². The summed E-state index contributed by atoms with van der Waals surface area (Å²) in [5.41, 5.74) is 9.74. The molecule has 1 saturated heterocycles. The molecule has 3 N–H and O–H groups in total. The lowest BCUT2D eigenvalue weighted by Crippen LogP contribution is -2.28. The van der Waals surface area contributed by atoms with Crippen molar-refractivity contribution in [1.29, 1.82) is 0 Å². The first-order valence-electron chi connectivity index (χ1n) is 6.23. The first-order valence-corrected chi connectivity index (χ1v) is 6.23. The van der Waals surface area contributed by atoms with Gasteiger partial charge in [0.25, 0.3) is 0 Å². The van der Waals surface area contributed by atoms with Crippen LogP contribution in [0.4, 0.5) is 0 Å². The summed E-state index contributed by atoms with van der Waals surface area (Å²) in [6.07, 6.45) is 2.06. The molecule has 1 aliphatic rings. The lowest BCUT2D eigenvalue weighted by atomic mass is 9.84. The van der Waals surface area contributed by atoms with Crippen molar-refractivity contribution in [3.05, 3.63) is 28.8 Å². The second-order valence-corrected chi connectivity index (χ2v) is 4.97. The Labute approximate surface area is 115 Å². The number of rotatable bonds is 2. The van der Waals surface area contributed by atoms with Gasteiger partial charge in [-0.25, -0.2) is 0 Å². The summed E-state index contributed by atoms with van der Waals surface area (Å²) >= 11 is 0. The van der Waals surface area contributed by atoms with Crippen LogP contribution in [0.2, 0.25) is 0 Å². The summed E-state index contributed by atoms with van der Waals surface area (Å²) < 4.78 is 5.37. The van der Waals surface area contributed by atoms with Gasteiger partial charge in [-0.05, 0) is 61.4 Å². The van der Waals surface area contributed by atoms with E-state index in [1.165, 1.54) is 5.56 Å². The highest BCUT2D eigenvalue weighted by molar-refractivity contribution is 5.85. The standard InChI is InChI=1S/C14H21NO2.ClH/c1-9-7-12(16)8-10(2)13(9)14(15)11-3-5-17-6-4-11;/h7-8,11,14,16H,3-6,15H2,1-2H3;1H/t14-;/m0./s1. The van der Waals surface area contributed by atoms with Gasteiger partial charge in [-0.2, -0.15) is 0 Å². The molecule has 1 atom stereocenters. The quantitative estimate of drug-likeness (QED) is 0.870. The molecule has 18 heavy (non-hydrogen) atoms. The van der Waals surface area contributed by atoms with Gasteiger partial charge in [0.15, 0.2) is 0 Å². The normalized spacial score (nSPS) is 18.2. The molecule has 0 aromatic heterocycles. The summed E-state index contributed by atoms with van der Waals surface area (Å²) in [7, 11) is 0. The Morgan fingerprint density at radius 3 is 2.22 bits per heavy atom. The highest BCUT2D eigenvalue weighted by atomic mass is 35.5. The second kappa shape index (κ2) is 6.41. The monoisotopic (exact) mass is 271 g/mol. The maximum Gasteiger partial charge on any atom is 0.116 e. The number of hydrogen-bond donors (Lipinski definition) is 2. The predicted octanol–water partition coefficient (Wildman–Crippen LogP) is 2.86. The molecule has 3 nitrogen and oxygen atoms in total. The van der Waals surface area contributed by atoms with Gasteiger partial charge in [0, 0.05) is 19.3 Å². The average molecular weight is 272 g/mol. The number of halogens is 1. The van der Waals surface area contributed by atoms with Crippen LogP contribution < -0.4 is 5.73 Å². The minimum Gasteiger partial charge on any atom is -0.508 e. The Bertz CT molecular complexity index is 380. The van der Waals surface area contributed by atoms with Crippen LogP contribution in [-0.2, 0) is 4.74 Å². The third kappa shape index (κ3) is 3.16. The number of ether oxygens (including phenoxy) is 1. The molecule has 1 aromatic rings. The van der Waals surface area contributed by atoms with Gasteiger partial charge in [-0.15, -0.1) is 12.4 Å². The van der Waals surface area contributed by atoms with Crippen LogP contribution in [0.15, 0.2) is 12.1 Å². The Balaban J connectivity index is 0.00000162. The van der Waals surface area contributed by atoms with E-state index in [4.69, 9.17) is 10.5 Å². The van der Waals surface area contributed by atoms with Crippen LogP contribution in [0.25, 0.3) is 0 Å². The van der Waals surface area contributed by atoms with Crippen LogP contribution in [0.5, 0.6) is 5.75 Å². The Morgan fingerprint density at radius 1 is 1.22 bits per heavy atom. The fourth-order valence-electron chi connectivity index (χ4n) is 2.79. The molecule has 1 aromatic carbocycles. The molecule has 0 amide bonds. The van der Waals surface area contributed by atoms with Crippen LogP contribution in [-0.4, -0.2) is 18.3 Å². The third-order valence-corrected chi connectivity index (χ3v) is 3.69. The number of phenolic OH excluding ortho intramolecular Hbond substituents is 1. The zero-order chi connectivity index (χ0) is 12.4. The second-order valence-electron chi connectivity index (χ2n) is 4.97. The van der Waals surface area contributed by atoms with E-state index in [1.807, 2.05) is 13.8 Å². The Hall–Kier alpha value is -0.770. The van der Waals surface area contributed by atoms with E-state index in [-0.39, 0.29) is 18.4 Å². The molecular weight excluding hydrogens is 250 g/mol. The molecule has 1 aliphatic heterocycles. The van der Waals surface area contributed by atoms with Gasteiger partial charge in [0.2, 0.25) is 0 Å². The molecule has 1 fully saturated rings. The van der Waals surface area contributed by atoms with Crippen molar-refractivity contribution in [3.8, 4) is 5.75 Å². The maximum absolute atomic E-state index is 9.55. The number of hydrogen-bond acceptors (Lipinski definition) is 3. The van der Waals surface area contributed by atoms with Crippen molar-refractivity contribution in [3.63, 3.8) is 0 Å². The number of aryl methyl sites for hydroxylation is 2. The van der Waals surface area contributed by atoms with Crippen molar-refractivity contribution in [2.75, 3.05) is 13.2 Å². The molecule has 0 bridgehead atoms. The fourth-order valence-corrected chi connectivity index (χ4v) is 2.79. The number of benzene rings is 1. The maximum atomic E-state index is 9.55. The molecule has 0 unspecified atom stereocenters. The lowest BCUT2D eigenvalue weighted by Gasteiger charge is -2.29. The number of aromatic hydroxyl groups is 1. The first-order chi connectivity index (χ1) is 8.09. The van der Waals surface area contributed by atoms with Crippen molar-refractivity contribution >= 4 is 12.4 Å². The van der Waals surface area contributed by atoms with Crippen LogP contribution >= 0.6 is 12.4 Å². The fraction of sp³-hybridized carbons (Fsp3) is 0.571. The average Bonchev–Trinajstić information content (AvgIpc) is 2.28. The zero-order valence-corrected chi connectivity index (χ0v) is 11.8. The van der Waals surface area contributed by atoms with Gasteiger partial charge < -0.3 is 15.6 Å². The third-order valence-electron chi connectivity index (χ3n) is 3.69. The largest absolute Gasteiger partial charge is 0.508 e. The van der Waals surface area contributed by atoms with E-state index >= 15 is 0 Å². The van der Waals surface area contributed by atoms with Crippen molar-refractivity contribution in [1.82, 2.24) is 0 Å². The number of nitrogens with two attached hydrogens (primary N) is 1. The smallest absolute Gasteiger partial charge is 0.116 e.